The minimum Gasteiger partial charge on any atom is -0.478 e. The molecule has 0 aliphatic carbocycles. The van der Waals surface area contributed by atoms with Gasteiger partial charge in [0.05, 0.1) is 39.1 Å². The molecular formula is C22H25Cl2N3O4S2. The summed E-state index contributed by atoms with van der Waals surface area (Å²) in [4.78, 5) is 30.7. The van der Waals surface area contributed by atoms with E-state index in [1.54, 1.807) is 12.1 Å². The molecule has 11 heteroatoms. The largest absolute Gasteiger partial charge is 0.478 e. The monoisotopic (exact) mass is 529 g/mol. The Morgan fingerprint density at radius 3 is 2.94 bits per heavy atom. The number of rotatable bonds is 10. The first kappa shape index (κ1) is 26.0. The molecule has 2 N–H and O–H groups in total. The van der Waals surface area contributed by atoms with E-state index in [2.05, 4.69) is 15.2 Å². The molecule has 33 heavy (non-hydrogen) atoms. The minimum atomic E-state index is -1.00. The number of carbonyl (C=O) groups is 2. The Labute approximate surface area is 211 Å². The van der Waals surface area contributed by atoms with Crippen LogP contribution in [0.3, 0.4) is 0 Å². The molecule has 1 amide bonds. The van der Waals surface area contributed by atoms with Gasteiger partial charge in [-0.15, -0.1) is 11.3 Å². The highest BCUT2D eigenvalue weighted by atomic mass is 35.5. The van der Waals surface area contributed by atoms with Gasteiger partial charge in [-0.2, -0.15) is 0 Å². The van der Waals surface area contributed by atoms with Gasteiger partial charge in [-0.25, -0.2) is 9.78 Å². The first-order valence-electron chi connectivity index (χ1n) is 10.4. The molecule has 0 bridgehead atoms. The normalized spacial score (nSPS) is 16.9. The maximum Gasteiger partial charge on any atom is 0.328 e. The highest BCUT2D eigenvalue weighted by Gasteiger charge is 2.21. The van der Waals surface area contributed by atoms with Crippen molar-refractivity contribution in [2.75, 3.05) is 32.0 Å². The number of hydrogen-bond donors (Lipinski definition) is 2. The van der Waals surface area contributed by atoms with Gasteiger partial charge in [-0.05, 0) is 30.2 Å². The van der Waals surface area contributed by atoms with Crippen LogP contribution < -0.4 is 5.32 Å². The average Bonchev–Trinajstić information content (AvgIpc) is 3.20. The first-order valence-corrected chi connectivity index (χ1v) is 13.0. The van der Waals surface area contributed by atoms with Crippen molar-refractivity contribution in [2.45, 2.75) is 30.3 Å². The summed E-state index contributed by atoms with van der Waals surface area (Å²) in [5.74, 6) is -0.862. The third-order valence-electron chi connectivity index (χ3n) is 4.89. The highest BCUT2D eigenvalue weighted by molar-refractivity contribution is 8.01. The van der Waals surface area contributed by atoms with Crippen LogP contribution in [0.5, 0.6) is 0 Å². The van der Waals surface area contributed by atoms with Gasteiger partial charge in [0, 0.05) is 32.3 Å². The maximum absolute atomic E-state index is 12.3. The predicted octanol–water partition coefficient (Wildman–Crippen LogP) is 4.22. The van der Waals surface area contributed by atoms with Gasteiger partial charge in [-0.3, -0.25) is 9.69 Å². The number of benzene rings is 1. The standard InChI is InChI=1S/C22H25Cl2N3O4S2/c1-2-18-19(5-6-21(29)30)33-22(26-18)32-13-20(28)25-10-15-12-27(7-8-31-15)11-14-3-4-16(23)17(24)9-14/h3-6,9,15H,2,7-8,10-13H2,1H3,(H,25,28)(H,29,30)/b6-5+/t15-/m0/s1. The first-order chi connectivity index (χ1) is 15.8. The van der Waals surface area contributed by atoms with Gasteiger partial charge in [0.25, 0.3) is 0 Å². The molecular weight excluding hydrogens is 505 g/mol. The van der Waals surface area contributed by atoms with Crippen molar-refractivity contribution < 1.29 is 19.4 Å². The molecule has 1 aromatic heterocycles. The van der Waals surface area contributed by atoms with Crippen LogP contribution in [0.15, 0.2) is 28.6 Å². The zero-order valence-corrected chi connectivity index (χ0v) is 21.2. The lowest BCUT2D eigenvalue weighted by molar-refractivity contribution is -0.131. The summed E-state index contributed by atoms with van der Waals surface area (Å²) in [6.07, 6.45) is 3.26. The molecule has 1 aliphatic rings. The molecule has 2 aromatic rings. The number of thioether (sulfide) groups is 1. The second-order valence-corrected chi connectivity index (χ2v) is 10.5. The number of carboxylic acids is 1. The van der Waals surface area contributed by atoms with Gasteiger partial charge in [0.2, 0.25) is 5.91 Å². The number of amides is 1. The fourth-order valence-corrected chi connectivity index (χ4v) is 5.60. The number of aromatic nitrogens is 1. The van der Waals surface area contributed by atoms with Crippen LogP contribution in [-0.2, 0) is 27.3 Å². The average molecular weight is 530 g/mol. The van der Waals surface area contributed by atoms with Crippen LogP contribution in [0.1, 0.15) is 23.1 Å². The van der Waals surface area contributed by atoms with Crippen molar-refractivity contribution in [1.29, 1.82) is 0 Å². The van der Waals surface area contributed by atoms with Gasteiger partial charge in [0.15, 0.2) is 4.34 Å². The predicted molar refractivity (Wildman–Crippen MR) is 133 cm³/mol. The molecule has 0 radical (unpaired) electrons. The topological polar surface area (TPSA) is 91.8 Å². The fraction of sp³-hybridized carbons (Fsp3) is 0.409. The van der Waals surface area contributed by atoms with Gasteiger partial charge >= 0.3 is 5.97 Å². The van der Waals surface area contributed by atoms with E-state index in [1.807, 2.05) is 19.1 Å². The fourth-order valence-electron chi connectivity index (χ4n) is 3.28. The van der Waals surface area contributed by atoms with E-state index >= 15 is 0 Å². The van der Waals surface area contributed by atoms with E-state index in [0.29, 0.717) is 36.2 Å². The Morgan fingerprint density at radius 1 is 1.39 bits per heavy atom. The molecule has 7 nitrogen and oxygen atoms in total. The van der Waals surface area contributed by atoms with E-state index in [9.17, 15) is 9.59 Å². The van der Waals surface area contributed by atoms with Gasteiger partial charge in [-0.1, -0.05) is 48.0 Å². The van der Waals surface area contributed by atoms with Crippen molar-refractivity contribution in [2.24, 2.45) is 0 Å². The van der Waals surface area contributed by atoms with Crippen LogP contribution in [-0.4, -0.2) is 65.0 Å². The van der Waals surface area contributed by atoms with Crippen molar-refractivity contribution in [3.05, 3.63) is 50.5 Å². The smallest absolute Gasteiger partial charge is 0.328 e. The quantitative estimate of drug-likeness (QED) is 0.351. The van der Waals surface area contributed by atoms with Gasteiger partial charge < -0.3 is 15.2 Å². The molecule has 1 fully saturated rings. The number of carboxylic acid groups (broad SMARTS) is 1. The summed E-state index contributed by atoms with van der Waals surface area (Å²) in [7, 11) is 0. The molecule has 1 saturated heterocycles. The molecule has 2 heterocycles. The summed E-state index contributed by atoms with van der Waals surface area (Å²) in [5, 5.41) is 12.8. The second kappa shape index (κ2) is 12.7. The van der Waals surface area contributed by atoms with Crippen LogP contribution in [0.2, 0.25) is 10.0 Å². The lowest BCUT2D eigenvalue weighted by Crippen LogP contribution is -2.47. The summed E-state index contributed by atoms with van der Waals surface area (Å²) in [5.41, 5.74) is 1.91. The van der Waals surface area contributed by atoms with Crippen molar-refractivity contribution in [3.8, 4) is 0 Å². The number of aliphatic carboxylic acids is 1. The van der Waals surface area contributed by atoms with E-state index in [1.165, 1.54) is 23.1 Å². The van der Waals surface area contributed by atoms with Gasteiger partial charge in [0.1, 0.15) is 0 Å². The molecule has 1 aromatic carbocycles. The van der Waals surface area contributed by atoms with E-state index in [0.717, 1.165) is 39.6 Å². The number of carbonyl (C=O) groups excluding carboxylic acids is 1. The third kappa shape index (κ3) is 8.27. The molecule has 1 atom stereocenters. The lowest BCUT2D eigenvalue weighted by atomic mass is 10.2. The maximum atomic E-state index is 12.3. The Bertz CT molecular complexity index is 1020. The lowest BCUT2D eigenvalue weighted by Gasteiger charge is -2.33. The van der Waals surface area contributed by atoms with Crippen LogP contribution in [0.25, 0.3) is 6.08 Å². The number of nitrogens with zero attached hydrogens (tertiary/aromatic N) is 2. The third-order valence-corrected chi connectivity index (χ3v) is 7.83. The SMILES string of the molecule is CCc1nc(SCC(=O)NC[C@H]2CN(Cc3ccc(Cl)c(Cl)c3)CCO2)sc1/C=C/C(=O)O. The molecule has 1 aliphatic heterocycles. The summed E-state index contributed by atoms with van der Waals surface area (Å²) in [6.45, 7) is 5.25. The van der Waals surface area contributed by atoms with Crippen LogP contribution in [0.4, 0.5) is 0 Å². The van der Waals surface area contributed by atoms with E-state index in [4.69, 9.17) is 33.0 Å². The Balaban J connectivity index is 1.44. The number of aryl methyl sites for hydroxylation is 1. The Morgan fingerprint density at radius 2 is 2.21 bits per heavy atom. The summed E-state index contributed by atoms with van der Waals surface area (Å²) in [6, 6.07) is 5.63. The second-order valence-electron chi connectivity index (χ2n) is 7.38. The van der Waals surface area contributed by atoms with Crippen molar-refractivity contribution in [1.82, 2.24) is 15.2 Å². The van der Waals surface area contributed by atoms with Crippen LogP contribution in [0, 0.1) is 0 Å². The number of nitrogens with one attached hydrogen (secondary N) is 1. The van der Waals surface area contributed by atoms with E-state index in [-0.39, 0.29) is 17.8 Å². The highest BCUT2D eigenvalue weighted by Crippen LogP contribution is 2.29. The Hall–Kier alpha value is -1.62. The molecule has 0 saturated carbocycles. The molecule has 0 unspecified atom stereocenters. The number of morpholine rings is 1. The molecule has 3 rings (SSSR count). The number of halogens is 2. The molecule has 0 spiro atoms. The summed E-state index contributed by atoms with van der Waals surface area (Å²) >= 11 is 14.8. The summed E-state index contributed by atoms with van der Waals surface area (Å²) < 4.78 is 6.55. The number of hydrogen-bond acceptors (Lipinski definition) is 7. The van der Waals surface area contributed by atoms with Crippen molar-refractivity contribution in [3.63, 3.8) is 0 Å². The zero-order chi connectivity index (χ0) is 23.8. The van der Waals surface area contributed by atoms with E-state index < -0.39 is 5.97 Å². The minimum absolute atomic E-state index is 0.0882. The number of thiazole rings is 1. The zero-order valence-electron chi connectivity index (χ0n) is 18.1. The molecule has 178 valence electrons. The van der Waals surface area contributed by atoms with Crippen molar-refractivity contribution >= 4 is 64.3 Å². The Kier molecular flexibility index (Phi) is 10.0. The number of ether oxygens (including phenoxy) is 1. The van der Waals surface area contributed by atoms with Crippen LogP contribution >= 0.6 is 46.3 Å².